The van der Waals surface area contributed by atoms with Crippen molar-refractivity contribution in [3.05, 3.63) is 12.2 Å². The zero-order chi connectivity index (χ0) is 10.4. The van der Waals surface area contributed by atoms with Crippen molar-refractivity contribution in [3.8, 4) is 0 Å². The third kappa shape index (κ3) is 5.42. The quantitative estimate of drug-likeness (QED) is 0.523. The molecule has 1 atom stereocenters. The van der Waals surface area contributed by atoms with Gasteiger partial charge in [-0.15, -0.1) is 0 Å². The van der Waals surface area contributed by atoms with Gasteiger partial charge >= 0.3 is 5.97 Å². The van der Waals surface area contributed by atoms with E-state index >= 15 is 0 Å². The first-order valence-electron chi connectivity index (χ1n) is 4.49. The summed E-state index contributed by atoms with van der Waals surface area (Å²) in [4.78, 5) is 11.1. The highest BCUT2D eigenvalue weighted by atomic mass is 16.5. The summed E-state index contributed by atoms with van der Waals surface area (Å²) in [5.41, 5.74) is 0.115. The molecule has 13 heavy (non-hydrogen) atoms. The average molecular weight is 186 g/mol. The molecule has 0 aromatic heterocycles. The summed E-state index contributed by atoms with van der Waals surface area (Å²) in [6.45, 7) is 9.42. The Morgan fingerprint density at radius 1 is 1.46 bits per heavy atom. The highest BCUT2D eigenvalue weighted by molar-refractivity contribution is 5.88. The predicted molar refractivity (Wildman–Crippen MR) is 51.2 cm³/mol. The Hall–Kier alpha value is -0.830. The van der Waals surface area contributed by atoms with E-state index in [2.05, 4.69) is 20.4 Å². The monoisotopic (exact) mass is 186 g/mol. The van der Waals surface area contributed by atoms with Crippen LogP contribution in [0.2, 0.25) is 0 Å². The summed E-state index contributed by atoms with van der Waals surface area (Å²) in [5, 5.41) is 9.00. The molecule has 1 N–H and O–H groups in total. The maximum Gasteiger partial charge on any atom is 0.336 e. The van der Waals surface area contributed by atoms with E-state index < -0.39 is 12.1 Å². The molecule has 0 fully saturated rings. The van der Waals surface area contributed by atoms with E-state index in [1.54, 1.807) is 0 Å². The summed E-state index contributed by atoms with van der Waals surface area (Å²) in [5.74, 6) is 0.00302. The van der Waals surface area contributed by atoms with Gasteiger partial charge in [-0.05, 0) is 19.3 Å². The lowest BCUT2D eigenvalue weighted by atomic mass is 10.1. The van der Waals surface area contributed by atoms with Gasteiger partial charge in [-0.3, -0.25) is 0 Å². The number of aliphatic hydroxyl groups excluding tert-OH is 1. The largest absolute Gasteiger partial charge is 0.462 e. The Bertz CT molecular complexity index is 183. The average Bonchev–Trinajstić information content (AvgIpc) is 2.02. The normalized spacial score (nSPS) is 12.7. The van der Waals surface area contributed by atoms with E-state index in [1.165, 1.54) is 6.92 Å². The van der Waals surface area contributed by atoms with Crippen LogP contribution in [0.5, 0.6) is 0 Å². The van der Waals surface area contributed by atoms with Crippen molar-refractivity contribution in [1.82, 2.24) is 0 Å². The minimum Gasteiger partial charge on any atom is -0.462 e. The number of ether oxygens (including phenoxy) is 1. The van der Waals surface area contributed by atoms with Crippen molar-refractivity contribution in [3.63, 3.8) is 0 Å². The van der Waals surface area contributed by atoms with Gasteiger partial charge in [0.05, 0.1) is 18.3 Å². The number of esters is 1. The second kappa shape index (κ2) is 5.75. The van der Waals surface area contributed by atoms with Crippen LogP contribution in [-0.2, 0) is 9.53 Å². The van der Waals surface area contributed by atoms with Crippen molar-refractivity contribution in [2.24, 2.45) is 5.92 Å². The smallest absolute Gasteiger partial charge is 0.336 e. The molecular weight excluding hydrogens is 168 g/mol. The van der Waals surface area contributed by atoms with Gasteiger partial charge in [0.1, 0.15) is 0 Å². The SMILES string of the molecule is C=C(C(=O)OCCC(C)C)C(C)O. The summed E-state index contributed by atoms with van der Waals surface area (Å²) in [6.07, 6.45) is 0.00490. The number of carbonyl (C=O) groups excluding carboxylic acids is 1. The molecule has 0 aromatic carbocycles. The topological polar surface area (TPSA) is 46.5 Å². The standard InChI is InChI=1S/C10H18O3/c1-7(2)5-6-13-10(12)8(3)9(4)11/h7,9,11H,3,5-6H2,1-2,4H3. The van der Waals surface area contributed by atoms with E-state index in [4.69, 9.17) is 9.84 Å². The summed E-state index contributed by atoms with van der Waals surface area (Å²) < 4.78 is 4.88. The van der Waals surface area contributed by atoms with Crippen LogP contribution < -0.4 is 0 Å². The number of carbonyl (C=O) groups is 1. The Kier molecular flexibility index (Phi) is 5.39. The Balaban J connectivity index is 3.69. The van der Waals surface area contributed by atoms with Gasteiger partial charge in [0, 0.05) is 0 Å². The first-order chi connectivity index (χ1) is 5.95. The van der Waals surface area contributed by atoms with E-state index in [1.807, 2.05) is 0 Å². The summed E-state index contributed by atoms with van der Waals surface area (Å²) in [6, 6.07) is 0. The molecule has 0 heterocycles. The second-order valence-corrected chi connectivity index (χ2v) is 3.52. The fourth-order valence-electron chi connectivity index (χ4n) is 0.651. The van der Waals surface area contributed by atoms with Gasteiger partial charge in [0.15, 0.2) is 0 Å². The van der Waals surface area contributed by atoms with Crippen LogP contribution in [0.4, 0.5) is 0 Å². The second-order valence-electron chi connectivity index (χ2n) is 3.52. The van der Waals surface area contributed by atoms with E-state index in [-0.39, 0.29) is 5.57 Å². The lowest BCUT2D eigenvalue weighted by Crippen LogP contribution is -2.17. The fraction of sp³-hybridized carbons (Fsp3) is 0.700. The summed E-state index contributed by atoms with van der Waals surface area (Å²) in [7, 11) is 0. The van der Waals surface area contributed by atoms with Crippen LogP contribution in [0.1, 0.15) is 27.2 Å². The lowest BCUT2D eigenvalue weighted by Gasteiger charge is -2.09. The van der Waals surface area contributed by atoms with Crippen LogP contribution >= 0.6 is 0 Å². The molecule has 3 nitrogen and oxygen atoms in total. The van der Waals surface area contributed by atoms with Crippen LogP contribution in [-0.4, -0.2) is 23.8 Å². The number of aliphatic hydroxyl groups is 1. The summed E-state index contributed by atoms with van der Waals surface area (Å²) >= 11 is 0. The molecule has 0 saturated heterocycles. The van der Waals surface area contributed by atoms with E-state index in [0.29, 0.717) is 12.5 Å². The van der Waals surface area contributed by atoms with Crippen LogP contribution in [0.15, 0.2) is 12.2 Å². The van der Waals surface area contributed by atoms with Crippen LogP contribution in [0, 0.1) is 5.92 Å². The van der Waals surface area contributed by atoms with Gasteiger partial charge in [0.2, 0.25) is 0 Å². The van der Waals surface area contributed by atoms with Crippen molar-refractivity contribution in [2.45, 2.75) is 33.3 Å². The van der Waals surface area contributed by atoms with Gasteiger partial charge in [-0.2, -0.15) is 0 Å². The molecule has 0 bridgehead atoms. The molecule has 0 rings (SSSR count). The zero-order valence-corrected chi connectivity index (χ0v) is 8.54. The molecule has 3 heteroatoms. The third-order valence-corrected chi connectivity index (χ3v) is 1.69. The van der Waals surface area contributed by atoms with Crippen molar-refractivity contribution >= 4 is 5.97 Å². The molecule has 0 aliphatic rings. The van der Waals surface area contributed by atoms with Crippen molar-refractivity contribution < 1.29 is 14.6 Å². The van der Waals surface area contributed by atoms with Crippen LogP contribution in [0.3, 0.4) is 0 Å². The minimum atomic E-state index is -0.827. The first kappa shape index (κ1) is 12.2. The van der Waals surface area contributed by atoms with Gasteiger partial charge in [-0.25, -0.2) is 4.79 Å². The Labute approximate surface area is 79.4 Å². The Morgan fingerprint density at radius 3 is 2.38 bits per heavy atom. The minimum absolute atomic E-state index is 0.115. The molecule has 0 saturated carbocycles. The number of hydrogen-bond acceptors (Lipinski definition) is 3. The van der Waals surface area contributed by atoms with Crippen molar-refractivity contribution in [1.29, 1.82) is 0 Å². The van der Waals surface area contributed by atoms with Gasteiger partial charge < -0.3 is 9.84 Å². The van der Waals surface area contributed by atoms with Crippen LogP contribution in [0.25, 0.3) is 0 Å². The number of rotatable bonds is 5. The highest BCUT2D eigenvalue weighted by Crippen LogP contribution is 2.04. The molecule has 0 spiro atoms. The predicted octanol–water partition coefficient (Wildman–Crippen LogP) is 1.51. The highest BCUT2D eigenvalue weighted by Gasteiger charge is 2.13. The molecule has 76 valence electrons. The molecule has 0 aliphatic carbocycles. The molecular formula is C10H18O3. The molecule has 0 radical (unpaired) electrons. The molecule has 0 aromatic rings. The number of hydrogen-bond donors (Lipinski definition) is 1. The Morgan fingerprint density at radius 2 is 2.00 bits per heavy atom. The zero-order valence-electron chi connectivity index (χ0n) is 8.54. The molecule has 1 unspecified atom stereocenters. The van der Waals surface area contributed by atoms with Crippen molar-refractivity contribution in [2.75, 3.05) is 6.61 Å². The maximum absolute atomic E-state index is 11.1. The lowest BCUT2D eigenvalue weighted by molar-refractivity contribution is -0.140. The van der Waals surface area contributed by atoms with E-state index in [9.17, 15) is 4.79 Å². The molecule has 0 aliphatic heterocycles. The third-order valence-electron chi connectivity index (χ3n) is 1.69. The first-order valence-corrected chi connectivity index (χ1v) is 4.49. The molecule has 0 amide bonds. The van der Waals surface area contributed by atoms with Gasteiger partial charge in [-0.1, -0.05) is 20.4 Å². The maximum atomic E-state index is 11.1. The van der Waals surface area contributed by atoms with E-state index in [0.717, 1.165) is 6.42 Å². The fourth-order valence-corrected chi connectivity index (χ4v) is 0.651. The van der Waals surface area contributed by atoms with Gasteiger partial charge in [0.25, 0.3) is 0 Å².